The van der Waals surface area contributed by atoms with Crippen LogP contribution in [-0.4, -0.2) is 9.97 Å². The molecule has 0 radical (unpaired) electrons. The van der Waals surface area contributed by atoms with Crippen LogP contribution in [0.25, 0.3) is 22.5 Å². The van der Waals surface area contributed by atoms with Gasteiger partial charge in [0, 0.05) is 23.5 Å². The Morgan fingerprint density at radius 1 is 0.520 bits per heavy atom. The van der Waals surface area contributed by atoms with Gasteiger partial charge in [-0.05, 0) is 41.8 Å². The monoisotopic (exact) mass is 322 g/mol. The summed E-state index contributed by atoms with van der Waals surface area (Å²) in [6.45, 7) is 0. The summed E-state index contributed by atoms with van der Waals surface area (Å²) in [5, 5.41) is 0. The summed E-state index contributed by atoms with van der Waals surface area (Å²) in [6, 6.07) is 29.1. The Balaban J connectivity index is 1.61. The molecule has 4 aromatic rings. The third-order valence-corrected chi connectivity index (χ3v) is 4.20. The molecule has 0 N–H and O–H groups in total. The minimum atomic E-state index is 0.866. The van der Waals surface area contributed by atoms with Gasteiger partial charge in [-0.1, -0.05) is 60.7 Å². The van der Waals surface area contributed by atoms with Crippen molar-refractivity contribution in [3.63, 3.8) is 0 Å². The lowest BCUT2D eigenvalue weighted by Crippen LogP contribution is -1.93. The quantitative estimate of drug-likeness (QED) is 0.502. The molecule has 0 saturated carbocycles. The second-order valence-corrected chi connectivity index (χ2v) is 6.01. The number of hydrogen-bond acceptors (Lipinski definition) is 2. The smallest absolute Gasteiger partial charge is 0.0704 e. The molecule has 4 rings (SSSR count). The van der Waals surface area contributed by atoms with Crippen LogP contribution in [0.3, 0.4) is 0 Å². The van der Waals surface area contributed by atoms with Crippen molar-refractivity contribution < 1.29 is 0 Å². The molecule has 0 spiro atoms. The van der Waals surface area contributed by atoms with Gasteiger partial charge in [0.25, 0.3) is 0 Å². The molecular weight excluding hydrogens is 304 g/mol. The minimum absolute atomic E-state index is 0.866. The Labute approximate surface area is 147 Å². The predicted molar refractivity (Wildman–Crippen MR) is 102 cm³/mol. The summed E-state index contributed by atoms with van der Waals surface area (Å²) in [4.78, 5) is 9.01. The average molecular weight is 322 g/mol. The highest BCUT2D eigenvalue weighted by atomic mass is 14.7. The number of hydrogen-bond donors (Lipinski definition) is 0. The van der Waals surface area contributed by atoms with E-state index in [4.69, 9.17) is 0 Å². The van der Waals surface area contributed by atoms with Gasteiger partial charge in [-0.2, -0.15) is 0 Å². The van der Waals surface area contributed by atoms with E-state index in [1.54, 1.807) is 0 Å². The molecule has 2 heteroatoms. The molecule has 2 nitrogen and oxygen atoms in total. The number of rotatable bonds is 4. The lowest BCUT2D eigenvalue weighted by molar-refractivity contribution is 1.15. The molecule has 0 aliphatic heterocycles. The van der Waals surface area contributed by atoms with E-state index in [2.05, 4.69) is 58.5 Å². The third-order valence-electron chi connectivity index (χ3n) is 4.20. The van der Waals surface area contributed by atoms with Crippen LogP contribution in [0.4, 0.5) is 0 Å². The van der Waals surface area contributed by atoms with Crippen molar-refractivity contribution in [1.29, 1.82) is 0 Å². The molecule has 0 fully saturated rings. The number of nitrogens with zero attached hydrogens (tertiary/aromatic N) is 2. The van der Waals surface area contributed by atoms with Crippen LogP contribution in [-0.2, 0) is 6.42 Å². The van der Waals surface area contributed by atoms with E-state index < -0.39 is 0 Å². The first-order valence-corrected chi connectivity index (χ1v) is 8.39. The molecule has 25 heavy (non-hydrogen) atoms. The van der Waals surface area contributed by atoms with E-state index in [9.17, 15) is 0 Å². The Hall–Kier alpha value is -3.26. The number of aromatic nitrogens is 2. The molecule has 0 aliphatic rings. The van der Waals surface area contributed by atoms with Gasteiger partial charge in [-0.25, -0.2) is 0 Å². The van der Waals surface area contributed by atoms with Crippen molar-refractivity contribution in [3.05, 3.63) is 108 Å². The Morgan fingerprint density at radius 2 is 0.960 bits per heavy atom. The topological polar surface area (TPSA) is 25.8 Å². The van der Waals surface area contributed by atoms with Crippen LogP contribution in [0, 0.1) is 0 Å². The van der Waals surface area contributed by atoms with E-state index >= 15 is 0 Å². The maximum absolute atomic E-state index is 4.50. The Morgan fingerprint density at radius 3 is 1.40 bits per heavy atom. The molecule has 2 heterocycles. The summed E-state index contributed by atoms with van der Waals surface area (Å²) < 4.78 is 0. The fourth-order valence-electron chi connectivity index (χ4n) is 2.94. The van der Waals surface area contributed by atoms with Gasteiger partial charge in [0.1, 0.15) is 0 Å². The van der Waals surface area contributed by atoms with Gasteiger partial charge in [-0.15, -0.1) is 0 Å². The molecule has 0 bridgehead atoms. The fourth-order valence-corrected chi connectivity index (χ4v) is 2.94. The highest BCUT2D eigenvalue weighted by molar-refractivity contribution is 5.61. The second-order valence-electron chi connectivity index (χ2n) is 6.01. The average Bonchev–Trinajstić information content (AvgIpc) is 2.70. The van der Waals surface area contributed by atoms with Gasteiger partial charge in [0.2, 0.25) is 0 Å². The zero-order valence-electron chi connectivity index (χ0n) is 13.8. The molecule has 0 atom stereocenters. The summed E-state index contributed by atoms with van der Waals surface area (Å²) in [6.07, 6.45) is 4.64. The molecule has 120 valence electrons. The van der Waals surface area contributed by atoms with Crippen LogP contribution in [0.2, 0.25) is 0 Å². The summed E-state index contributed by atoms with van der Waals surface area (Å²) in [7, 11) is 0. The predicted octanol–water partition coefficient (Wildman–Crippen LogP) is 5.40. The normalized spacial score (nSPS) is 10.6. The molecular formula is C23H18N2. The van der Waals surface area contributed by atoms with Gasteiger partial charge in [0.05, 0.1) is 11.4 Å². The zero-order chi connectivity index (χ0) is 16.9. The van der Waals surface area contributed by atoms with Gasteiger partial charge >= 0.3 is 0 Å². The Kier molecular flexibility index (Phi) is 4.34. The van der Waals surface area contributed by atoms with Crippen LogP contribution in [0.15, 0.2) is 97.3 Å². The largest absolute Gasteiger partial charge is 0.256 e. The van der Waals surface area contributed by atoms with E-state index in [1.807, 2.05) is 48.8 Å². The highest BCUT2D eigenvalue weighted by Gasteiger charge is 2.04. The lowest BCUT2D eigenvalue weighted by atomic mass is 10.0. The molecule has 2 aromatic heterocycles. The highest BCUT2D eigenvalue weighted by Crippen LogP contribution is 2.21. The van der Waals surface area contributed by atoms with Crippen LogP contribution >= 0.6 is 0 Å². The first-order valence-electron chi connectivity index (χ1n) is 8.39. The van der Waals surface area contributed by atoms with Crippen LogP contribution in [0.1, 0.15) is 11.1 Å². The molecule has 0 amide bonds. The van der Waals surface area contributed by atoms with Crippen molar-refractivity contribution in [3.8, 4) is 22.5 Å². The second kappa shape index (κ2) is 7.10. The van der Waals surface area contributed by atoms with Crippen molar-refractivity contribution in [2.24, 2.45) is 0 Å². The van der Waals surface area contributed by atoms with Crippen molar-refractivity contribution in [1.82, 2.24) is 9.97 Å². The fraction of sp³-hybridized carbons (Fsp3) is 0.0435. The maximum atomic E-state index is 4.50. The van der Waals surface area contributed by atoms with E-state index in [1.165, 1.54) is 11.1 Å². The standard InChI is InChI=1S/C23H18N2/c1-3-7-20(8-4-1)22-16-18(11-13-24-22)15-19-12-14-25-23(17-19)21-9-5-2-6-10-21/h1-14,16-17H,15H2. The van der Waals surface area contributed by atoms with Gasteiger partial charge in [-0.3, -0.25) is 9.97 Å². The lowest BCUT2D eigenvalue weighted by Gasteiger charge is -2.07. The molecule has 0 aliphatic carbocycles. The van der Waals surface area contributed by atoms with E-state index in [-0.39, 0.29) is 0 Å². The van der Waals surface area contributed by atoms with Crippen LogP contribution < -0.4 is 0 Å². The minimum Gasteiger partial charge on any atom is -0.256 e. The SMILES string of the molecule is c1ccc(-c2cc(Cc3ccnc(-c4ccccc4)c3)ccn2)cc1. The van der Waals surface area contributed by atoms with Crippen LogP contribution in [0.5, 0.6) is 0 Å². The maximum Gasteiger partial charge on any atom is 0.0704 e. The van der Waals surface area contributed by atoms with Gasteiger partial charge in [0.15, 0.2) is 0 Å². The summed E-state index contributed by atoms with van der Waals surface area (Å²) in [5.41, 5.74) is 6.80. The summed E-state index contributed by atoms with van der Waals surface area (Å²) in [5.74, 6) is 0. The first kappa shape index (κ1) is 15.3. The third kappa shape index (κ3) is 3.64. The summed E-state index contributed by atoms with van der Waals surface area (Å²) >= 11 is 0. The van der Waals surface area contributed by atoms with Crippen molar-refractivity contribution >= 4 is 0 Å². The zero-order valence-corrected chi connectivity index (χ0v) is 13.8. The van der Waals surface area contributed by atoms with Crippen molar-refractivity contribution in [2.75, 3.05) is 0 Å². The van der Waals surface area contributed by atoms with E-state index in [0.717, 1.165) is 28.9 Å². The molecule has 0 unspecified atom stereocenters. The number of pyridine rings is 2. The van der Waals surface area contributed by atoms with Gasteiger partial charge < -0.3 is 0 Å². The molecule has 0 saturated heterocycles. The molecule has 2 aromatic carbocycles. The first-order chi connectivity index (χ1) is 12.4. The van der Waals surface area contributed by atoms with Crippen molar-refractivity contribution in [2.45, 2.75) is 6.42 Å². The Bertz CT molecular complexity index is 882. The number of benzene rings is 2. The van der Waals surface area contributed by atoms with E-state index in [0.29, 0.717) is 0 Å².